The number of rotatable bonds is 6. The molecule has 0 saturated carbocycles. The average molecular weight is 431 g/mol. The standard InChI is InChI=1S/C22H20F3N3O3/c1-13-18(21(29)27-11-15-6-9-17(30-2)10-19(15)31-3)12-26-20(28-13)14-4-7-16(8-5-14)22(23,24)25/h4-10,12H,11H2,1-3H3,(H,27,29). The highest BCUT2D eigenvalue weighted by atomic mass is 19.4. The van der Waals surface area contributed by atoms with Crippen molar-refractivity contribution in [3.8, 4) is 22.9 Å². The third kappa shape index (κ3) is 5.11. The van der Waals surface area contributed by atoms with Crippen LogP contribution < -0.4 is 14.8 Å². The molecule has 1 heterocycles. The quantitative estimate of drug-likeness (QED) is 0.626. The third-order valence-electron chi connectivity index (χ3n) is 4.63. The van der Waals surface area contributed by atoms with Crippen LogP contribution in [0.1, 0.15) is 27.2 Å². The second-order valence-corrected chi connectivity index (χ2v) is 6.63. The van der Waals surface area contributed by atoms with E-state index in [1.807, 2.05) is 0 Å². The predicted octanol–water partition coefficient (Wildman–Crippen LogP) is 4.42. The molecule has 3 aromatic rings. The number of ether oxygens (including phenoxy) is 2. The number of nitrogens with one attached hydrogen (secondary N) is 1. The van der Waals surface area contributed by atoms with Crippen molar-refractivity contribution in [1.29, 1.82) is 0 Å². The highest BCUT2D eigenvalue weighted by Gasteiger charge is 2.30. The van der Waals surface area contributed by atoms with Crippen molar-refractivity contribution in [2.45, 2.75) is 19.6 Å². The first kappa shape index (κ1) is 22.1. The summed E-state index contributed by atoms with van der Waals surface area (Å²) in [5.41, 5.74) is 1.10. The first-order valence-corrected chi connectivity index (χ1v) is 9.23. The van der Waals surface area contributed by atoms with Gasteiger partial charge in [0.1, 0.15) is 11.5 Å². The van der Waals surface area contributed by atoms with Gasteiger partial charge in [-0.2, -0.15) is 13.2 Å². The van der Waals surface area contributed by atoms with E-state index in [-0.39, 0.29) is 23.8 Å². The minimum Gasteiger partial charge on any atom is -0.497 e. The number of amides is 1. The lowest BCUT2D eigenvalue weighted by atomic mass is 10.1. The average Bonchev–Trinajstić information content (AvgIpc) is 2.76. The molecule has 162 valence electrons. The summed E-state index contributed by atoms with van der Waals surface area (Å²) in [5.74, 6) is 1.06. The minimum atomic E-state index is -4.41. The molecule has 0 atom stereocenters. The van der Waals surface area contributed by atoms with E-state index >= 15 is 0 Å². The van der Waals surface area contributed by atoms with Crippen LogP contribution in [0.2, 0.25) is 0 Å². The van der Waals surface area contributed by atoms with Gasteiger partial charge in [-0.05, 0) is 31.2 Å². The van der Waals surface area contributed by atoms with Gasteiger partial charge in [0.15, 0.2) is 5.82 Å². The molecule has 0 bridgehead atoms. The van der Waals surface area contributed by atoms with Gasteiger partial charge in [0, 0.05) is 29.9 Å². The maximum atomic E-state index is 12.7. The van der Waals surface area contributed by atoms with Crippen LogP contribution in [-0.2, 0) is 12.7 Å². The molecule has 1 N–H and O–H groups in total. The second kappa shape index (κ2) is 9.03. The molecule has 0 aliphatic rings. The fraction of sp³-hybridized carbons (Fsp3) is 0.227. The summed E-state index contributed by atoms with van der Waals surface area (Å²) in [6.45, 7) is 1.85. The molecule has 6 nitrogen and oxygen atoms in total. The van der Waals surface area contributed by atoms with Crippen LogP contribution in [0.4, 0.5) is 13.2 Å². The number of aryl methyl sites for hydroxylation is 1. The zero-order valence-electron chi connectivity index (χ0n) is 17.1. The van der Waals surface area contributed by atoms with Crippen molar-refractivity contribution in [1.82, 2.24) is 15.3 Å². The number of carbonyl (C=O) groups excluding carboxylic acids is 1. The lowest BCUT2D eigenvalue weighted by Crippen LogP contribution is -2.24. The van der Waals surface area contributed by atoms with Crippen molar-refractivity contribution in [2.75, 3.05) is 14.2 Å². The summed E-state index contributed by atoms with van der Waals surface area (Å²) in [7, 11) is 3.07. The number of aromatic nitrogens is 2. The van der Waals surface area contributed by atoms with E-state index in [9.17, 15) is 18.0 Å². The maximum absolute atomic E-state index is 12.7. The number of hydrogen-bond donors (Lipinski definition) is 1. The first-order valence-electron chi connectivity index (χ1n) is 9.23. The Labute approximate surface area is 177 Å². The molecule has 0 fully saturated rings. The van der Waals surface area contributed by atoms with Crippen LogP contribution in [0.3, 0.4) is 0 Å². The number of nitrogens with zero attached hydrogens (tertiary/aromatic N) is 2. The van der Waals surface area contributed by atoms with Crippen LogP contribution >= 0.6 is 0 Å². The Kier molecular flexibility index (Phi) is 6.43. The van der Waals surface area contributed by atoms with Crippen molar-refractivity contribution >= 4 is 5.91 Å². The highest BCUT2D eigenvalue weighted by molar-refractivity contribution is 5.95. The van der Waals surface area contributed by atoms with Gasteiger partial charge in [0.2, 0.25) is 0 Å². The van der Waals surface area contributed by atoms with E-state index in [0.29, 0.717) is 22.8 Å². The Morgan fingerprint density at radius 2 is 1.77 bits per heavy atom. The molecule has 1 aromatic heterocycles. The number of alkyl halides is 3. The Bertz CT molecular complexity index is 1080. The Balaban J connectivity index is 1.73. The number of halogens is 3. The number of hydrogen-bond acceptors (Lipinski definition) is 5. The first-order chi connectivity index (χ1) is 14.7. The van der Waals surface area contributed by atoms with Gasteiger partial charge in [0.25, 0.3) is 5.91 Å². The van der Waals surface area contributed by atoms with E-state index < -0.39 is 11.7 Å². The Morgan fingerprint density at radius 3 is 2.35 bits per heavy atom. The van der Waals surface area contributed by atoms with Crippen LogP contribution in [-0.4, -0.2) is 30.1 Å². The molecule has 3 rings (SSSR count). The summed E-state index contributed by atoms with van der Waals surface area (Å²) < 4.78 is 48.6. The number of benzene rings is 2. The second-order valence-electron chi connectivity index (χ2n) is 6.63. The normalized spacial score (nSPS) is 11.2. The van der Waals surface area contributed by atoms with Gasteiger partial charge in [-0.25, -0.2) is 9.97 Å². The van der Waals surface area contributed by atoms with Crippen LogP contribution in [0.5, 0.6) is 11.5 Å². The molecule has 9 heteroatoms. The van der Waals surface area contributed by atoms with Crippen molar-refractivity contribution in [2.24, 2.45) is 0 Å². The Morgan fingerprint density at radius 1 is 1.06 bits per heavy atom. The van der Waals surface area contributed by atoms with Crippen molar-refractivity contribution < 1.29 is 27.4 Å². The molecule has 0 saturated heterocycles. The molecular formula is C22H20F3N3O3. The van der Waals surface area contributed by atoms with E-state index in [1.165, 1.54) is 25.4 Å². The van der Waals surface area contributed by atoms with Gasteiger partial charge < -0.3 is 14.8 Å². The molecule has 0 unspecified atom stereocenters. The fourth-order valence-corrected chi connectivity index (χ4v) is 2.91. The smallest absolute Gasteiger partial charge is 0.416 e. The predicted molar refractivity (Wildman–Crippen MR) is 108 cm³/mol. The minimum absolute atomic E-state index is 0.214. The van der Waals surface area contributed by atoms with E-state index in [1.54, 1.807) is 32.2 Å². The molecule has 0 radical (unpaired) electrons. The van der Waals surface area contributed by atoms with E-state index in [0.717, 1.165) is 17.7 Å². The number of methoxy groups -OCH3 is 2. The van der Waals surface area contributed by atoms with Crippen molar-refractivity contribution in [3.05, 3.63) is 71.0 Å². The van der Waals surface area contributed by atoms with Gasteiger partial charge >= 0.3 is 6.18 Å². The highest BCUT2D eigenvalue weighted by Crippen LogP contribution is 2.30. The fourth-order valence-electron chi connectivity index (χ4n) is 2.91. The zero-order valence-corrected chi connectivity index (χ0v) is 17.1. The van der Waals surface area contributed by atoms with Crippen LogP contribution in [0.25, 0.3) is 11.4 Å². The summed E-state index contributed by atoms with van der Waals surface area (Å²) in [5, 5.41) is 2.79. The topological polar surface area (TPSA) is 73.3 Å². The summed E-state index contributed by atoms with van der Waals surface area (Å²) in [6.07, 6.45) is -3.06. The largest absolute Gasteiger partial charge is 0.497 e. The van der Waals surface area contributed by atoms with Gasteiger partial charge in [0.05, 0.1) is 31.0 Å². The molecule has 2 aromatic carbocycles. The summed E-state index contributed by atoms with van der Waals surface area (Å²) >= 11 is 0. The molecule has 0 spiro atoms. The molecule has 1 amide bonds. The molecule has 0 aliphatic carbocycles. The van der Waals surface area contributed by atoms with Crippen LogP contribution in [0, 0.1) is 6.92 Å². The van der Waals surface area contributed by atoms with Gasteiger partial charge in [-0.1, -0.05) is 12.1 Å². The van der Waals surface area contributed by atoms with Gasteiger partial charge in [-0.15, -0.1) is 0 Å². The molecule has 0 aliphatic heterocycles. The summed E-state index contributed by atoms with van der Waals surface area (Å²) in [6, 6.07) is 9.80. The van der Waals surface area contributed by atoms with E-state index in [4.69, 9.17) is 9.47 Å². The van der Waals surface area contributed by atoms with Crippen LogP contribution in [0.15, 0.2) is 48.7 Å². The van der Waals surface area contributed by atoms with Crippen molar-refractivity contribution in [3.63, 3.8) is 0 Å². The Hall–Kier alpha value is -3.62. The third-order valence-corrected chi connectivity index (χ3v) is 4.63. The number of carbonyl (C=O) groups is 1. The summed E-state index contributed by atoms with van der Waals surface area (Å²) in [4.78, 5) is 21.0. The molecular weight excluding hydrogens is 411 g/mol. The SMILES string of the molecule is COc1ccc(CNC(=O)c2cnc(-c3ccc(C(F)(F)F)cc3)nc2C)c(OC)c1. The maximum Gasteiger partial charge on any atom is 0.416 e. The van der Waals surface area contributed by atoms with Gasteiger partial charge in [-0.3, -0.25) is 4.79 Å². The zero-order chi connectivity index (χ0) is 22.6. The molecule has 31 heavy (non-hydrogen) atoms. The lowest BCUT2D eigenvalue weighted by Gasteiger charge is -2.12. The van der Waals surface area contributed by atoms with E-state index in [2.05, 4.69) is 15.3 Å². The lowest BCUT2D eigenvalue weighted by molar-refractivity contribution is -0.137. The monoisotopic (exact) mass is 431 g/mol.